The van der Waals surface area contributed by atoms with Crippen molar-refractivity contribution in [2.75, 3.05) is 0 Å². The number of para-hydroxylation sites is 2. The number of benzene rings is 4. The summed E-state index contributed by atoms with van der Waals surface area (Å²) in [6, 6.07) is 29.5. The third-order valence-electron chi connectivity index (χ3n) is 7.08. The van der Waals surface area contributed by atoms with Crippen LogP contribution in [0.15, 0.2) is 84.9 Å². The minimum atomic E-state index is 0.449. The maximum absolute atomic E-state index is 6.55. The summed E-state index contributed by atoms with van der Waals surface area (Å²) in [5.74, 6) is 0.961. The quantitative estimate of drug-likeness (QED) is 0.185. The van der Waals surface area contributed by atoms with Gasteiger partial charge in [-0.3, -0.25) is 0 Å². The van der Waals surface area contributed by atoms with Crippen LogP contribution in [0, 0.1) is 6.92 Å². The summed E-state index contributed by atoms with van der Waals surface area (Å²) in [4.78, 5) is 0. The van der Waals surface area contributed by atoms with Gasteiger partial charge < -0.3 is 4.74 Å². The predicted molar refractivity (Wildman–Crippen MR) is 152 cm³/mol. The lowest BCUT2D eigenvalue weighted by Gasteiger charge is -2.18. The van der Waals surface area contributed by atoms with Crippen LogP contribution in [0.25, 0.3) is 27.8 Å². The molecule has 0 radical (unpaired) electrons. The first-order valence-electron chi connectivity index (χ1n) is 13.4. The van der Waals surface area contributed by atoms with Crippen LogP contribution >= 0.6 is 0 Å². The van der Waals surface area contributed by atoms with Crippen molar-refractivity contribution < 1.29 is 4.74 Å². The van der Waals surface area contributed by atoms with Crippen LogP contribution < -0.4 is 4.74 Å². The summed E-state index contributed by atoms with van der Waals surface area (Å²) in [5.41, 5.74) is 10.2. The molecule has 4 nitrogen and oxygen atoms in total. The van der Waals surface area contributed by atoms with Crippen molar-refractivity contribution in [3.63, 3.8) is 0 Å². The first kappa shape index (κ1) is 24.8. The number of unbranched alkanes of at least 4 members (excludes halogenated alkanes) is 2. The van der Waals surface area contributed by atoms with Crippen molar-refractivity contribution in [3.05, 3.63) is 107 Å². The standard InChI is InChI=1S/C33H35N3O/c1-4-6-8-16-27-22-32(24(3)21-25(27)5-2)37-23-28-17-13-18-29(26-14-9-7-10-15-26)33(28)36-31-20-12-11-19-30(31)34-35-36/h7,9-15,17-22H,4-6,8,16,23H2,1-3H3. The topological polar surface area (TPSA) is 39.9 Å². The van der Waals surface area contributed by atoms with E-state index in [1.807, 2.05) is 28.9 Å². The van der Waals surface area contributed by atoms with Crippen LogP contribution in [0.4, 0.5) is 0 Å². The van der Waals surface area contributed by atoms with Gasteiger partial charge in [0.1, 0.15) is 17.9 Å². The third kappa shape index (κ3) is 5.29. The Bertz CT molecular complexity index is 1490. The zero-order chi connectivity index (χ0) is 25.6. The molecule has 1 heterocycles. The summed E-state index contributed by atoms with van der Waals surface area (Å²) in [5, 5.41) is 9.02. The Morgan fingerprint density at radius 3 is 2.41 bits per heavy atom. The second kappa shape index (κ2) is 11.4. The monoisotopic (exact) mass is 489 g/mol. The Kier molecular flexibility index (Phi) is 7.65. The van der Waals surface area contributed by atoms with Crippen molar-refractivity contribution in [1.82, 2.24) is 15.0 Å². The first-order valence-corrected chi connectivity index (χ1v) is 13.4. The lowest BCUT2D eigenvalue weighted by atomic mass is 9.97. The first-order chi connectivity index (χ1) is 18.2. The molecule has 0 amide bonds. The van der Waals surface area contributed by atoms with Gasteiger partial charge in [-0.1, -0.05) is 98.6 Å². The number of hydrogen-bond donors (Lipinski definition) is 0. The van der Waals surface area contributed by atoms with E-state index in [4.69, 9.17) is 4.74 Å². The fourth-order valence-electron chi connectivity index (χ4n) is 5.07. The fourth-order valence-corrected chi connectivity index (χ4v) is 5.07. The van der Waals surface area contributed by atoms with E-state index >= 15 is 0 Å². The van der Waals surface area contributed by atoms with Crippen molar-refractivity contribution in [3.8, 4) is 22.6 Å². The average molecular weight is 490 g/mol. The largest absolute Gasteiger partial charge is 0.489 e. The van der Waals surface area contributed by atoms with E-state index in [2.05, 4.69) is 91.7 Å². The Hall–Kier alpha value is -3.92. The molecule has 4 aromatic carbocycles. The van der Waals surface area contributed by atoms with E-state index in [1.54, 1.807) is 0 Å². The summed E-state index contributed by atoms with van der Waals surface area (Å²) >= 11 is 0. The second-order valence-corrected chi connectivity index (χ2v) is 9.66. The molecule has 188 valence electrons. The number of fused-ring (bicyclic) bond motifs is 1. The molecule has 5 rings (SSSR count). The van der Waals surface area contributed by atoms with E-state index in [-0.39, 0.29) is 0 Å². The van der Waals surface area contributed by atoms with Gasteiger partial charge >= 0.3 is 0 Å². The van der Waals surface area contributed by atoms with E-state index in [0.29, 0.717) is 6.61 Å². The van der Waals surface area contributed by atoms with E-state index in [9.17, 15) is 0 Å². The van der Waals surface area contributed by atoms with Gasteiger partial charge in [0.2, 0.25) is 0 Å². The molecule has 1 aromatic heterocycles. The number of nitrogens with zero attached hydrogens (tertiary/aromatic N) is 3. The minimum absolute atomic E-state index is 0.449. The minimum Gasteiger partial charge on any atom is -0.489 e. The highest BCUT2D eigenvalue weighted by Gasteiger charge is 2.17. The molecule has 0 fully saturated rings. The van der Waals surface area contributed by atoms with Gasteiger partial charge in [-0.05, 0) is 66.6 Å². The van der Waals surface area contributed by atoms with Crippen molar-refractivity contribution >= 4 is 11.0 Å². The molecule has 0 aliphatic heterocycles. The smallest absolute Gasteiger partial charge is 0.123 e. The highest BCUT2D eigenvalue weighted by Crippen LogP contribution is 2.33. The number of aromatic nitrogens is 3. The second-order valence-electron chi connectivity index (χ2n) is 9.66. The van der Waals surface area contributed by atoms with Crippen molar-refractivity contribution in [1.29, 1.82) is 0 Å². The lowest BCUT2D eigenvalue weighted by Crippen LogP contribution is -2.08. The Labute approximate surface area is 219 Å². The maximum Gasteiger partial charge on any atom is 0.123 e. The van der Waals surface area contributed by atoms with E-state index in [1.165, 1.54) is 36.0 Å². The van der Waals surface area contributed by atoms with Crippen LogP contribution in [0.2, 0.25) is 0 Å². The molecule has 0 aliphatic rings. The zero-order valence-electron chi connectivity index (χ0n) is 22.1. The molecular weight excluding hydrogens is 454 g/mol. The van der Waals surface area contributed by atoms with Gasteiger partial charge in [0, 0.05) is 11.1 Å². The van der Waals surface area contributed by atoms with Gasteiger partial charge in [0.15, 0.2) is 0 Å². The maximum atomic E-state index is 6.55. The van der Waals surface area contributed by atoms with Crippen LogP contribution in [0.3, 0.4) is 0 Å². The third-order valence-corrected chi connectivity index (χ3v) is 7.08. The Morgan fingerprint density at radius 1 is 0.784 bits per heavy atom. The molecule has 0 saturated carbocycles. The number of rotatable bonds is 10. The normalized spacial score (nSPS) is 11.2. The van der Waals surface area contributed by atoms with Crippen LogP contribution in [0.5, 0.6) is 5.75 Å². The van der Waals surface area contributed by atoms with Gasteiger partial charge in [-0.15, -0.1) is 5.10 Å². The zero-order valence-corrected chi connectivity index (χ0v) is 22.1. The molecule has 0 bridgehead atoms. The molecule has 0 saturated heterocycles. The summed E-state index contributed by atoms with van der Waals surface area (Å²) in [6.07, 6.45) is 5.86. The molecule has 0 unspecified atom stereocenters. The number of aryl methyl sites for hydroxylation is 3. The van der Waals surface area contributed by atoms with Gasteiger partial charge in [-0.2, -0.15) is 0 Å². The summed E-state index contributed by atoms with van der Waals surface area (Å²) in [6.45, 7) is 7.09. The molecule has 0 aliphatic carbocycles. The van der Waals surface area contributed by atoms with Crippen LogP contribution in [0.1, 0.15) is 55.4 Å². The highest BCUT2D eigenvalue weighted by molar-refractivity contribution is 5.81. The number of ether oxygens (including phenoxy) is 1. The molecule has 4 heteroatoms. The molecule has 0 spiro atoms. The highest BCUT2D eigenvalue weighted by atomic mass is 16.5. The Balaban J connectivity index is 1.55. The van der Waals surface area contributed by atoms with E-state index in [0.717, 1.165) is 52.0 Å². The van der Waals surface area contributed by atoms with Crippen LogP contribution in [-0.2, 0) is 19.4 Å². The SMILES string of the molecule is CCCCCc1cc(OCc2cccc(-c3ccccc3)c2-n2nnc3ccccc32)c(C)cc1CC. The number of hydrogen-bond acceptors (Lipinski definition) is 3. The molecular formula is C33H35N3O. The lowest BCUT2D eigenvalue weighted by molar-refractivity contribution is 0.303. The van der Waals surface area contributed by atoms with Crippen molar-refractivity contribution in [2.24, 2.45) is 0 Å². The molecule has 0 atom stereocenters. The van der Waals surface area contributed by atoms with Gasteiger partial charge in [-0.25, -0.2) is 4.68 Å². The van der Waals surface area contributed by atoms with Gasteiger partial charge in [0.25, 0.3) is 0 Å². The summed E-state index contributed by atoms with van der Waals surface area (Å²) < 4.78 is 8.51. The molecule has 0 N–H and O–H groups in total. The Morgan fingerprint density at radius 2 is 1.59 bits per heavy atom. The summed E-state index contributed by atoms with van der Waals surface area (Å²) in [7, 11) is 0. The van der Waals surface area contributed by atoms with Crippen LogP contribution in [-0.4, -0.2) is 15.0 Å². The molecule has 5 aromatic rings. The van der Waals surface area contributed by atoms with E-state index < -0.39 is 0 Å². The molecule has 37 heavy (non-hydrogen) atoms. The predicted octanol–water partition coefficient (Wildman–Crippen LogP) is 8.27. The average Bonchev–Trinajstić information content (AvgIpc) is 3.37. The van der Waals surface area contributed by atoms with Crippen molar-refractivity contribution in [2.45, 2.75) is 59.5 Å². The fraction of sp³-hybridized carbons (Fsp3) is 0.273. The van der Waals surface area contributed by atoms with Gasteiger partial charge in [0.05, 0.1) is 11.2 Å².